The van der Waals surface area contributed by atoms with Crippen LogP contribution in [0.15, 0.2) is 42.5 Å². The smallest absolute Gasteiger partial charge is 0.259 e. The number of carbonyl (C=O) groups excluding carboxylic acids is 2. The number of nitrogens with one attached hydrogen (secondary N) is 1. The Morgan fingerprint density at radius 2 is 1.61 bits per heavy atom. The number of phenols is 1. The topological polar surface area (TPSA) is 79.5 Å². The molecule has 166 valence electrons. The Morgan fingerprint density at radius 1 is 0.909 bits per heavy atom. The van der Waals surface area contributed by atoms with Crippen LogP contribution in [-0.2, 0) is 13.6 Å². The Balaban J connectivity index is 1.88. The van der Waals surface area contributed by atoms with Crippen molar-refractivity contribution in [2.24, 2.45) is 7.05 Å². The normalized spacial score (nSPS) is 13.8. The number of imide groups is 1. The van der Waals surface area contributed by atoms with Crippen molar-refractivity contribution in [1.82, 2.24) is 19.4 Å². The third-order valence-electron chi connectivity index (χ3n) is 6.80. The van der Waals surface area contributed by atoms with Crippen LogP contribution in [0.3, 0.4) is 0 Å². The van der Waals surface area contributed by atoms with E-state index in [1.807, 2.05) is 37.4 Å². The maximum atomic E-state index is 13.1. The van der Waals surface area contributed by atoms with Gasteiger partial charge in [-0.1, -0.05) is 18.2 Å². The van der Waals surface area contributed by atoms with Crippen LogP contribution in [0.1, 0.15) is 27.1 Å². The van der Waals surface area contributed by atoms with E-state index in [1.165, 1.54) is 0 Å². The summed E-state index contributed by atoms with van der Waals surface area (Å²) in [4.78, 5) is 28.3. The molecule has 0 unspecified atom stereocenters. The highest BCUT2D eigenvalue weighted by molar-refractivity contribution is 6.39. The van der Waals surface area contributed by atoms with Gasteiger partial charge in [0.25, 0.3) is 11.8 Å². The van der Waals surface area contributed by atoms with Gasteiger partial charge in [-0.25, -0.2) is 0 Å². The summed E-state index contributed by atoms with van der Waals surface area (Å²) >= 11 is 0. The molecule has 0 spiro atoms. The van der Waals surface area contributed by atoms with Crippen LogP contribution >= 0.6 is 0 Å². The molecular formula is C26H24N4O3. The van der Waals surface area contributed by atoms with Crippen LogP contribution in [-0.4, -0.2) is 51.6 Å². The van der Waals surface area contributed by atoms with Crippen molar-refractivity contribution in [2.45, 2.75) is 13.0 Å². The molecule has 3 heterocycles. The largest absolute Gasteiger partial charge is 0.508 e. The van der Waals surface area contributed by atoms with Crippen molar-refractivity contribution in [2.75, 3.05) is 20.6 Å². The number of amides is 2. The second kappa shape index (κ2) is 6.83. The van der Waals surface area contributed by atoms with Crippen molar-refractivity contribution < 1.29 is 14.7 Å². The third kappa shape index (κ3) is 2.60. The first-order chi connectivity index (χ1) is 15.9. The second-order valence-corrected chi connectivity index (χ2v) is 9.07. The molecule has 0 radical (unpaired) electrons. The maximum absolute atomic E-state index is 13.1. The van der Waals surface area contributed by atoms with E-state index in [-0.39, 0.29) is 17.6 Å². The molecule has 0 fully saturated rings. The van der Waals surface area contributed by atoms with E-state index in [4.69, 9.17) is 0 Å². The fourth-order valence-electron chi connectivity index (χ4n) is 5.48. The molecule has 6 rings (SSSR count). The molecule has 0 saturated carbocycles. The Morgan fingerprint density at radius 3 is 2.33 bits per heavy atom. The van der Waals surface area contributed by atoms with E-state index in [1.54, 1.807) is 12.1 Å². The van der Waals surface area contributed by atoms with Gasteiger partial charge < -0.3 is 19.1 Å². The molecule has 33 heavy (non-hydrogen) atoms. The molecule has 1 aliphatic heterocycles. The van der Waals surface area contributed by atoms with Crippen LogP contribution < -0.4 is 5.32 Å². The summed E-state index contributed by atoms with van der Waals surface area (Å²) in [5.74, 6) is -0.622. The molecule has 2 N–H and O–H groups in total. The highest BCUT2D eigenvalue weighted by Crippen LogP contribution is 2.45. The number of aryl methyl sites for hydroxylation is 2. The van der Waals surface area contributed by atoms with Gasteiger partial charge in [0, 0.05) is 46.2 Å². The van der Waals surface area contributed by atoms with Gasteiger partial charge in [-0.2, -0.15) is 0 Å². The molecule has 0 atom stereocenters. The lowest BCUT2D eigenvalue weighted by atomic mass is 9.96. The van der Waals surface area contributed by atoms with Gasteiger partial charge in [-0.15, -0.1) is 0 Å². The van der Waals surface area contributed by atoms with Crippen molar-refractivity contribution >= 4 is 55.4 Å². The SMILES string of the molecule is CN(C)CCCn1c2ccc(O)cc2c2c3c(c4c5ccccc5n(C)c4c21)C(=O)NC3=O. The summed E-state index contributed by atoms with van der Waals surface area (Å²) in [7, 11) is 6.11. The van der Waals surface area contributed by atoms with Crippen LogP contribution in [0.2, 0.25) is 0 Å². The molecule has 1 aliphatic rings. The molecule has 2 aromatic heterocycles. The van der Waals surface area contributed by atoms with Crippen LogP contribution in [0.4, 0.5) is 0 Å². The average Bonchev–Trinajstić information content (AvgIpc) is 3.36. The monoisotopic (exact) mass is 440 g/mol. The number of benzene rings is 3. The van der Waals surface area contributed by atoms with Crippen LogP contribution in [0.5, 0.6) is 5.75 Å². The van der Waals surface area contributed by atoms with Gasteiger partial charge in [0.05, 0.1) is 22.2 Å². The highest BCUT2D eigenvalue weighted by Gasteiger charge is 2.36. The molecule has 0 saturated heterocycles. The second-order valence-electron chi connectivity index (χ2n) is 9.07. The molecule has 7 heteroatoms. The quantitative estimate of drug-likeness (QED) is 0.415. The van der Waals surface area contributed by atoms with E-state index in [2.05, 4.69) is 33.4 Å². The molecule has 7 nitrogen and oxygen atoms in total. The third-order valence-corrected chi connectivity index (χ3v) is 6.80. The Hall–Kier alpha value is -3.84. The first-order valence-corrected chi connectivity index (χ1v) is 11.1. The Labute approximate surface area is 189 Å². The zero-order valence-electron chi connectivity index (χ0n) is 18.8. The minimum Gasteiger partial charge on any atom is -0.508 e. The average molecular weight is 441 g/mol. The van der Waals surface area contributed by atoms with Crippen molar-refractivity contribution in [3.8, 4) is 5.75 Å². The summed E-state index contributed by atoms with van der Waals surface area (Å²) in [5, 5.41) is 16.1. The number of aromatic nitrogens is 2. The van der Waals surface area contributed by atoms with Gasteiger partial charge >= 0.3 is 0 Å². The van der Waals surface area contributed by atoms with Crippen molar-refractivity contribution in [1.29, 1.82) is 0 Å². The number of hydrogen-bond donors (Lipinski definition) is 2. The van der Waals surface area contributed by atoms with Gasteiger partial charge in [0.1, 0.15) is 5.75 Å². The molecule has 5 aromatic rings. The summed E-state index contributed by atoms with van der Waals surface area (Å²) < 4.78 is 4.36. The number of rotatable bonds is 4. The van der Waals surface area contributed by atoms with E-state index in [9.17, 15) is 14.7 Å². The first-order valence-electron chi connectivity index (χ1n) is 11.1. The predicted molar refractivity (Wildman–Crippen MR) is 130 cm³/mol. The van der Waals surface area contributed by atoms with E-state index in [0.29, 0.717) is 11.1 Å². The summed E-state index contributed by atoms with van der Waals surface area (Å²) in [6.45, 7) is 1.66. The molecule has 2 amide bonds. The number of hydrogen-bond acceptors (Lipinski definition) is 4. The molecule has 0 bridgehead atoms. The number of nitrogens with zero attached hydrogens (tertiary/aromatic N) is 3. The lowest BCUT2D eigenvalue weighted by molar-refractivity contribution is 0.0880. The maximum Gasteiger partial charge on any atom is 0.259 e. The Kier molecular flexibility index (Phi) is 4.10. The van der Waals surface area contributed by atoms with Crippen LogP contribution in [0.25, 0.3) is 43.6 Å². The lowest BCUT2D eigenvalue weighted by Gasteiger charge is -2.13. The zero-order valence-corrected chi connectivity index (χ0v) is 18.8. The summed E-state index contributed by atoms with van der Waals surface area (Å²) in [5.41, 5.74) is 4.62. The number of carbonyl (C=O) groups is 2. The van der Waals surface area contributed by atoms with Gasteiger partial charge in [0.15, 0.2) is 0 Å². The number of phenolic OH excluding ortho intramolecular Hbond substituents is 1. The van der Waals surface area contributed by atoms with Gasteiger partial charge in [-0.3, -0.25) is 14.9 Å². The first kappa shape index (κ1) is 19.8. The van der Waals surface area contributed by atoms with E-state index in [0.717, 1.165) is 63.1 Å². The van der Waals surface area contributed by atoms with E-state index < -0.39 is 0 Å². The predicted octanol–water partition coefficient (Wildman–Crippen LogP) is 3.98. The molecular weight excluding hydrogens is 416 g/mol. The van der Waals surface area contributed by atoms with Crippen molar-refractivity contribution in [3.05, 3.63) is 53.6 Å². The van der Waals surface area contributed by atoms with Crippen molar-refractivity contribution in [3.63, 3.8) is 0 Å². The lowest BCUT2D eigenvalue weighted by Crippen LogP contribution is -2.20. The standard InChI is InChI=1S/C26H24N4O3/c1-28(2)11-6-12-30-18-10-9-14(31)13-16(18)20-22-21(25(32)27-26(22)33)19-15-7-4-5-8-17(15)29(3)23(19)24(20)30/h4-5,7-10,13,31H,6,11-12H2,1-3H3,(H,27,32,33). The Bertz CT molecular complexity index is 1660. The number of aromatic hydroxyl groups is 1. The summed E-state index contributed by atoms with van der Waals surface area (Å²) in [6.07, 6.45) is 0.917. The fourth-order valence-corrected chi connectivity index (χ4v) is 5.48. The minimum absolute atomic E-state index is 0.130. The van der Waals surface area contributed by atoms with Gasteiger partial charge in [-0.05, 0) is 51.3 Å². The molecule has 0 aliphatic carbocycles. The van der Waals surface area contributed by atoms with E-state index >= 15 is 0 Å². The minimum atomic E-state index is -0.384. The molecule has 3 aromatic carbocycles. The van der Waals surface area contributed by atoms with Gasteiger partial charge in [0.2, 0.25) is 0 Å². The number of para-hydroxylation sites is 1. The number of fused-ring (bicyclic) bond motifs is 10. The fraction of sp³-hybridized carbons (Fsp3) is 0.231. The summed E-state index contributed by atoms with van der Waals surface area (Å²) in [6, 6.07) is 13.2. The highest BCUT2D eigenvalue weighted by atomic mass is 16.3. The van der Waals surface area contributed by atoms with Crippen LogP contribution in [0, 0.1) is 0 Å². The zero-order chi connectivity index (χ0) is 23.0.